The van der Waals surface area contributed by atoms with Gasteiger partial charge in [0.1, 0.15) is 5.01 Å². The minimum atomic E-state index is 0.853. The van der Waals surface area contributed by atoms with Gasteiger partial charge < -0.3 is 5.32 Å². The molecule has 0 aliphatic carbocycles. The molecule has 3 rings (SSSR count). The van der Waals surface area contributed by atoms with Crippen LogP contribution in [0.5, 0.6) is 0 Å². The van der Waals surface area contributed by atoms with Crippen LogP contribution in [0, 0.1) is 0 Å². The van der Waals surface area contributed by atoms with Crippen LogP contribution in [-0.2, 0) is 13.0 Å². The van der Waals surface area contributed by atoms with Crippen LogP contribution in [0.2, 0.25) is 0 Å². The van der Waals surface area contributed by atoms with Crippen LogP contribution >= 0.6 is 11.3 Å². The highest BCUT2D eigenvalue weighted by atomic mass is 32.1. The highest BCUT2D eigenvalue weighted by molar-refractivity contribution is 7.18. The highest BCUT2D eigenvalue weighted by Gasteiger charge is 2.02. The van der Waals surface area contributed by atoms with Crippen molar-refractivity contribution < 1.29 is 0 Å². The van der Waals surface area contributed by atoms with Crippen molar-refractivity contribution in [2.45, 2.75) is 13.0 Å². The number of benzene rings is 2. The molecule has 0 radical (unpaired) electrons. The maximum atomic E-state index is 4.61. The lowest BCUT2D eigenvalue weighted by atomic mass is 10.1. The average Bonchev–Trinajstić information content (AvgIpc) is 2.87. The van der Waals surface area contributed by atoms with Crippen LogP contribution in [-0.4, -0.2) is 11.5 Å². The Labute approximate surface area is 117 Å². The number of fused-ring (bicyclic) bond motifs is 1. The Morgan fingerprint density at radius 3 is 2.58 bits per heavy atom. The molecule has 19 heavy (non-hydrogen) atoms. The zero-order valence-electron chi connectivity index (χ0n) is 10.7. The summed E-state index contributed by atoms with van der Waals surface area (Å²) in [6.07, 6.45) is 1.06. The van der Waals surface area contributed by atoms with E-state index >= 15 is 0 Å². The molecule has 0 saturated carbocycles. The highest BCUT2D eigenvalue weighted by Crippen LogP contribution is 2.21. The monoisotopic (exact) mass is 268 g/mol. The molecule has 0 atom stereocenters. The minimum absolute atomic E-state index is 0.853. The molecule has 0 bridgehead atoms. The van der Waals surface area contributed by atoms with Gasteiger partial charge in [0.25, 0.3) is 0 Å². The smallest absolute Gasteiger partial charge is 0.108 e. The molecule has 2 aromatic carbocycles. The first-order valence-corrected chi connectivity index (χ1v) is 7.32. The first-order chi connectivity index (χ1) is 9.42. The van der Waals surface area contributed by atoms with Crippen molar-refractivity contribution in [3.8, 4) is 0 Å². The average molecular weight is 268 g/mol. The number of rotatable bonds is 5. The van der Waals surface area contributed by atoms with E-state index in [2.05, 4.69) is 58.8 Å². The summed E-state index contributed by atoms with van der Waals surface area (Å²) < 4.78 is 1.27. The van der Waals surface area contributed by atoms with E-state index in [9.17, 15) is 0 Å². The number of para-hydroxylation sites is 1. The number of hydrogen-bond acceptors (Lipinski definition) is 3. The van der Waals surface area contributed by atoms with Gasteiger partial charge in [0, 0.05) is 6.54 Å². The fourth-order valence-corrected chi connectivity index (χ4v) is 3.01. The molecule has 0 amide bonds. The van der Waals surface area contributed by atoms with Crippen molar-refractivity contribution in [1.29, 1.82) is 0 Å². The van der Waals surface area contributed by atoms with Crippen molar-refractivity contribution in [1.82, 2.24) is 10.3 Å². The van der Waals surface area contributed by atoms with E-state index in [0.29, 0.717) is 0 Å². The Morgan fingerprint density at radius 2 is 1.74 bits per heavy atom. The van der Waals surface area contributed by atoms with Gasteiger partial charge in [-0.3, -0.25) is 0 Å². The molecular formula is C16H16N2S. The van der Waals surface area contributed by atoms with Crippen molar-refractivity contribution in [3.05, 3.63) is 65.2 Å². The van der Waals surface area contributed by atoms with Crippen LogP contribution in [0.15, 0.2) is 54.6 Å². The summed E-state index contributed by atoms with van der Waals surface area (Å²) in [5, 5.41) is 4.62. The normalized spacial score (nSPS) is 10.9. The zero-order valence-corrected chi connectivity index (χ0v) is 11.5. The zero-order chi connectivity index (χ0) is 12.9. The first-order valence-electron chi connectivity index (χ1n) is 6.51. The van der Waals surface area contributed by atoms with E-state index in [1.165, 1.54) is 10.3 Å². The van der Waals surface area contributed by atoms with Crippen LogP contribution in [0.3, 0.4) is 0 Å². The molecule has 0 saturated heterocycles. The lowest BCUT2D eigenvalue weighted by Crippen LogP contribution is -2.16. The van der Waals surface area contributed by atoms with Crippen molar-refractivity contribution in [2.24, 2.45) is 0 Å². The van der Waals surface area contributed by atoms with Crippen molar-refractivity contribution in [3.63, 3.8) is 0 Å². The Hall–Kier alpha value is -1.71. The Bertz CT molecular complexity index is 613. The summed E-state index contributed by atoms with van der Waals surface area (Å²) in [7, 11) is 0. The molecule has 1 N–H and O–H groups in total. The number of thiazole rings is 1. The third-order valence-corrected chi connectivity index (χ3v) is 4.08. The van der Waals surface area contributed by atoms with E-state index in [4.69, 9.17) is 0 Å². The molecule has 96 valence electrons. The van der Waals surface area contributed by atoms with E-state index in [1.807, 2.05) is 6.07 Å². The quantitative estimate of drug-likeness (QED) is 0.715. The molecule has 3 heteroatoms. The van der Waals surface area contributed by atoms with Gasteiger partial charge in [-0.2, -0.15) is 0 Å². The van der Waals surface area contributed by atoms with Gasteiger partial charge in [-0.05, 0) is 30.7 Å². The summed E-state index contributed by atoms with van der Waals surface area (Å²) in [5.74, 6) is 0. The summed E-state index contributed by atoms with van der Waals surface area (Å²) in [4.78, 5) is 4.61. The second-order valence-corrected chi connectivity index (χ2v) is 5.60. The number of hydrogen-bond donors (Lipinski definition) is 1. The van der Waals surface area contributed by atoms with Crippen LogP contribution in [0.4, 0.5) is 0 Å². The second-order valence-electron chi connectivity index (χ2n) is 4.49. The maximum absolute atomic E-state index is 4.61. The number of nitrogens with zero attached hydrogens (tertiary/aromatic N) is 1. The molecule has 2 nitrogen and oxygen atoms in total. The fraction of sp³-hybridized carbons (Fsp3) is 0.188. The summed E-state index contributed by atoms with van der Waals surface area (Å²) in [5.41, 5.74) is 2.48. The Morgan fingerprint density at radius 1 is 0.947 bits per heavy atom. The van der Waals surface area contributed by atoms with Gasteiger partial charge in [-0.15, -0.1) is 11.3 Å². The number of aromatic nitrogens is 1. The van der Waals surface area contributed by atoms with Crippen LogP contribution in [0.25, 0.3) is 10.2 Å². The summed E-state index contributed by atoms with van der Waals surface area (Å²) in [6, 6.07) is 18.9. The lowest BCUT2D eigenvalue weighted by Gasteiger charge is -2.02. The minimum Gasteiger partial charge on any atom is -0.310 e. The maximum Gasteiger partial charge on any atom is 0.108 e. The topological polar surface area (TPSA) is 24.9 Å². The van der Waals surface area contributed by atoms with Gasteiger partial charge in [0.2, 0.25) is 0 Å². The second kappa shape index (κ2) is 5.95. The van der Waals surface area contributed by atoms with Crippen molar-refractivity contribution in [2.75, 3.05) is 6.54 Å². The van der Waals surface area contributed by atoms with Crippen LogP contribution in [0.1, 0.15) is 10.6 Å². The van der Waals surface area contributed by atoms with Crippen molar-refractivity contribution >= 4 is 21.6 Å². The Balaban J connectivity index is 1.52. The molecule has 0 aliphatic heterocycles. The molecule has 0 aliphatic rings. The van der Waals surface area contributed by atoms with Gasteiger partial charge in [-0.25, -0.2) is 4.98 Å². The molecular weight excluding hydrogens is 252 g/mol. The van der Waals surface area contributed by atoms with E-state index in [1.54, 1.807) is 11.3 Å². The van der Waals surface area contributed by atoms with E-state index in [0.717, 1.165) is 30.0 Å². The molecule has 1 aromatic heterocycles. The van der Waals surface area contributed by atoms with Gasteiger partial charge in [-0.1, -0.05) is 42.5 Å². The third-order valence-electron chi connectivity index (χ3n) is 3.05. The predicted molar refractivity (Wildman–Crippen MR) is 81.5 cm³/mol. The predicted octanol–water partition coefficient (Wildman–Crippen LogP) is 3.63. The largest absolute Gasteiger partial charge is 0.310 e. The molecule has 1 heterocycles. The fourth-order valence-electron chi connectivity index (χ4n) is 2.07. The SMILES string of the molecule is c1ccc(CCNCc2nc3ccccc3s2)cc1. The third kappa shape index (κ3) is 3.19. The van der Waals surface area contributed by atoms with E-state index < -0.39 is 0 Å². The first kappa shape index (κ1) is 12.3. The Kier molecular flexibility index (Phi) is 3.86. The molecule has 0 spiro atoms. The molecule has 0 fully saturated rings. The molecule has 0 unspecified atom stereocenters. The van der Waals surface area contributed by atoms with E-state index in [-0.39, 0.29) is 0 Å². The summed E-state index contributed by atoms with van der Waals surface area (Å²) in [6.45, 7) is 1.84. The standard InChI is InChI=1S/C16H16N2S/c1-2-6-13(7-3-1)10-11-17-12-16-18-14-8-4-5-9-15(14)19-16/h1-9,17H,10-12H2. The van der Waals surface area contributed by atoms with Crippen LogP contribution < -0.4 is 5.32 Å². The summed E-state index contributed by atoms with van der Waals surface area (Å²) >= 11 is 1.77. The molecule has 3 aromatic rings. The lowest BCUT2D eigenvalue weighted by molar-refractivity contribution is 0.685. The van der Waals surface area contributed by atoms with Gasteiger partial charge >= 0.3 is 0 Å². The van der Waals surface area contributed by atoms with Gasteiger partial charge in [0.15, 0.2) is 0 Å². The number of nitrogens with one attached hydrogen (secondary N) is 1. The van der Waals surface area contributed by atoms with Gasteiger partial charge in [0.05, 0.1) is 10.2 Å².